The van der Waals surface area contributed by atoms with Crippen LogP contribution in [0.25, 0.3) is 0 Å². The highest BCUT2D eigenvalue weighted by molar-refractivity contribution is 7.80. The van der Waals surface area contributed by atoms with E-state index >= 15 is 0 Å². The Morgan fingerprint density at radius 3 is 2.75 bits per heavy atom. The highest BCUT2D eigenvalue weighted by Gasteiger charge is 2.18. The highest BCUT2D eigenvalue weighted by atomic mass is 32.1. The smallest absolute Gasteiger partial charge is 0.224 e. The maximum absolute atomic E-state index is 12.0. The summed E-state index contributed by atoms with van der Waals surface area (Å²) in [6.45, 7) is 2.05. The van der Waals surface area contributed by atoms with Crippen LogP contribution in [0, 0.1) is 0 Å². The van der Waals surface area contributed by atoms with Crippen molar-refractivity contribution in [3.63, 3.8) is 0 Å². The van der Waals surface area contributed by atoms with Gasteiger partial charge in [-0.1, -0.05) is 36.5 Å². The van der Waals surface area contributed by atoms with E-state index in [-0.39, 0.29) is 11.9 Å². The zero-order valence-electron chi connectivity index (χ0n) is 11.8. The van der Waals surface area contributed by atoms with E-state index in [1.807, 2.05) is 24.3 Å². The number of benzene rings is 1. The molecule has 1 amide bonds. The van der Waals surface area contributed by atoms with Crippen LogP contribution in [-0.2, 0) is 11.2 Å². The molecular weight excluding hydrogens is 270 g/mol. The maximum Gasteiger partial charge on any atom is 0.224 e. The second kappa shape index (κ2) is 6.81. The number of likely N-dealkylation sites (tertiary alicyclic amines) is 1. The van der Waals surface area contributed by atoms with Crippen molar-refractivity contribution < 1.29 is 4.79 Å². The molecule has 2 rings (SSSR count). The van der Waals surface area contributed by atoms with E-state index in [1.54, 1.807) is 0 Å². The molecule has 1 aromatic carbocycles. The third-order valence-corrected chi connectivity index (χ3v) is 3.83. The Hall–Kier alpha value is -1.46. The summed E-state index contributed by atoms with van der Waals surface area (Å²) in [6.07, 6.45) is 2.61. The van der Waals surface area contributed by atoms with E-state index in [0.717, 1.165) is 37.1 Å². The summed E-state index contributed by atoms with van der Waals surface area (Å²) in [7, 11) is 2.09. The summed E-state index contributed by atoms with van der Waals surface area (Å²) in [5.41, 5.74) is 7.36. The number of piperidine rings is 1. The van der Waals surface area contributed by atoms with Gasteiger partial charge in [-0.2, -0.15) is 0 Å². The van der Waals surface area contributed by atoms with Crippen molar-refractivity contribution >= 4 is 23.1 Å². The summed E-state index contributed by atoms with van der Waals surface area (Å²) in [6, 6.07) is 7.80. The molecule has 4 nitrogen and oxygen atoms in total. The Morgan fingerprint density at radius 1 is 1.45 bits per heavy atom. The fraction of sp³-hybridized carbons (Fsp3) is 0.467. The molecular formula is C15H21N3OS. The van der Waals surface area contributed by atoms with Crippen LogP contribution in [0.2, 0.25) is 0 Å². The fourth-order valence-electron chi connectivity index (χ4n) is 2.54. The Balaban J connectivity index is 1.86. The van der Waals surface area contributed by atoms with Crippen molar-refractivity contribution in [1.29, 1.82) is 0 Å². The van der Waals surface area contributed by atoms with Crippen LogP contribution in [0.5, 0.6) is 0 Å². The van der Waals surface area contributed by atoms with Crippen LogP contribution < -0.4 is 11.1 Å². The van der Waals surface area contributed by atoms with Crippen LogP contribution in [0.4, 0.5) is 0 Å². The van der Waals surface area contributed by atoms with Crippen molar-refractivity contribution in [3.05, 3.63) is 35.4 Å². The first-order valence-corrected chi connectivity index (χ1v) is 7.32. The van der Waals surface area contributed by atoms with E-state index in [1.165, 1.54) is 0 Å². The zero-order valence-corrected chi connectivity index (χ0v) is 12.6. The number of hydrogen-bond donors (Lipinski definition) is 2. The third kappa shape index (κ3) is 4.28. The second-order valence-electron chi connectivity index (χ2n) is 5.41. The van der Waals surface area contributed by atoms with Crippen LogP contribution in [-0.4, -0.2) is 42.0 Å². The molecule has 1 atom stereocenters. The van der Waals surface area contributed by atoms with Crippen LogP contribution in [0.3, 0.4) is 0 Å². The quantitative estimate of drug-likeness (QED) is 0.815. The van der Waals surface area contributed by atoms with Crippen molar-refractivity contribution in [2.45, 2.75) is 25.3 Å². The van der Waals surface area contributed by atoms with E-state index in [4.69, 9.17) is 18.0 Å². The van der Waals surface area contributed by atoms with Gasteiger partial charge in [0, 0.05) is 18.2 Å². The minimum atomic E-state index is 0.0772. The summed E-state index contributed by atoms with van der Waals surface area (Å²) < 4.78 is 0. The minimum absolute atomic E-state index is 0.0772. The first-order valence-electron chi connectivity index (χ1n) is 6.91. The largest absolute Gasteiger partial charge is 0.389 e. The first kappa shape index (κ1) is 14.9. The van der Waals surface area contributed by atoms with E-state index < -0.39 is 0 Å². The number of hydrogen-bond acceptors (Lipinski definition) is 3. The molecule has 5 heteroatoms. The number of nitrogens with one attached hydrogen (secondary N) is 1. The number of thiocarbonyl (C=S) groups is 1. The molecule has 0 bridgehead atoms. The lowest BCUT2D eigenvalue weighted by atomic mass is 10.0. The van der Waals surface area contributed by atoms with Gasteiger partial charge in [0.15, 0.2) is 0 Å². The topological polar surface area (TPSA) is 58.4 Å². The molecule has 20 heavy (non-hydrogen) atoms. The number of carbonyl (C=O) groups excluding carboxylic acids is 1. The molecule has 0 spiro atoms. The molecule has 1 fully saturated rings. The number of nitrogens with zero attached hydrogens (tertiary/aromatic N) is 1. The molecule has 108 valence electrons. The van der Waals surface area contributed by atoms with Gasteiger partial charge in [0.05, 0.1) is 6.42 Å². The summed E-state index contributed by atoms with van der Waals surface area (Å²) in [5.74, 6) is 0.0772. The predicted octanol–water partition coefficient (Wildman–Crippen LogP) is 1.07. The monoisotopic (exact) mass is 291 g/mol. The van der Waals surface area contributed by atoms with Gasteiger partial charge in [-0.05, 0) is 32.0 Å². The van der Waals surface area contributed by atoms with Crippen molar-refractivity contribution in [3.8, 4) is 0 Å². The number of likely N-dealkylation sites (N-methyl/N-ethyl adjacent to an activating group) is 1. The van der Waals surface area contributed by atoms with Gasteiger partial charge < -0.3 is 16.0 Å². The fourth-order valence-corrected chi connectivity index (χ4v) is 2.67. The molecule has 1 aromatic rings. The zero-order chi connectivity index (χ0) is 14.5. The number of carbonyl (C=O) groups is 1. The lowest BCUT2D eigenvalue weighted by Crippen LogP contribution is -2.46. The lowest BCUT2D eigenvalue weighted by molar-refractivity contribution is -0.121. The van der Waals surface area contributed by atoms with E-state index in [9.17, 15) is 4.79 Å². The van der Waals surface area contributed by atoms with Crippen LogP contribution in [0.1, 0.15) is 24.0 Å². The van der Waals surface area contributed by atoms with Crippen molar-refractivity contribution in [2.75, 3.05) is 20.1 Å². The molecule has 1 saturated heterocycles. The number of rotatable bonds is 4. The van der Waals surface area contributed by atoms with Gasteiger partial charge in [0.1, 0.15) is 4.99 Å². The Morgan fingerprint density at radius 2 is 2.15 bits per heavy atom. The van der Waals surface area contributed by atoms with Gasteiger partial charge in [0.2, 0.25) is 5.91 Å². The van der Waals surface area contributed by atoms with Gasteiger partial charge in [-0.15, -0.1) is 0 Å². The molecule has 0 aromatic heterocycles. The Labute approximate surface area is 125 Å². The summed E-state index contributed by atoms with van der Waals surface area (Å²) in [5, 5.41) is 3.10. The SMILES string of the molecule is CN1CCCC(NC(=O)Cc2ccc(C(N)=S)cc2)C1. The van der Waals surface area contributed by atoms with E-state index in [2.05, 4.69) is 17.3 Å². The number of amides is 1. The Kier molecular flexibility index (Phi) is 5.09. The minimum Gasteiger partial charge on any atom is -0.389 e. The first-order chi connectivity index (χ1) is 9.54. The molecule has 0 aliphatic carbocycles. The molecule has 1 aliphatic rings. The molecule has 0 saturated carbocycles. The lowest BCUT2D eigenvalue weighted by Gasteiger charge is -2.30. The van der Waals surface area contributed by atoms with Crippen LogP contribution in [0.15, 0.2) is 24.3 Å². The third-order valence-electron chi connectivity index (χ3n) is 3.59. The summed E-state index contributed by atoms with van der Waals surface area (Å²) >= 11 is 4.91. The van der Waals surface area contributed by atoms with Gasteiger partial charge >= 0.3 is 0 Å². The number of nitrogens with two attached hydrogens (primary N) is 1. The average molecular weight is 291 g/mol. The van der Waals surface area contributed by atoms with Gasteiger partial charge in [-0.3, -0.25) is 4.79 Å². The van der Waals surface area contributed by atoms with Gasteiger partial charge in [-0.25, -0.2) is 0 Å². The Bertz CT molecular complexity index is 486. The standard InChI is InChI=1S/C15H21N3OS/c1-18-8-2-3-13(10-18)17-14(19)9-11-4-6-12(7-5-11)15(16)20/h4-7,13H,2-3,8-10H2,1H3,(H2,16,20)(H,17,19). The molecule has 1 unspecified atom stereocenters. The molecule has 1 aliphatic heterocycles. The normalized spacial score (nSPS) is 19.6. The maximum atomic E-state index is 12.0. The molecule has 3 N–H and O–H groups in total. The van der Waals surface area contributed by atoms with Crippen molar-refractivity contribution in [1.82, 2.24) is 10.2 Å². The second-order valence-corrected chi connectivity index (χ2v) is 5.85. The molecule has 0 radical (unpaired) electrons. The summed E-state index contributed by atoms with van der Waals surface area (Å²) in [4.78, 5) is 14.7. The van der Waals surface area contributed by atoms with Gasteiger partial charge in [0.25, 0.3) is 0 Å². The van der Waals surface area contributed by atoms with Crippen LogP contribution >= 0.6 is 12.2 Å². The van der Waals surface area contributed by atoms with E-state index in [0.29, 0.717) is 11.4 Å². The predicted molar refractivity (Wildman–Crippen MR) is 84.7 cm³/mol. The van der Waals surface area contributed by atoms with Crippen molar-refractivity contribution in [2.24, 2.45) is 5.73 Å². The molecule has 1 heterocycles. The average Bonchev–Trinajstić information content (AvgIpc) is 2.39. The highest BCUT2D eigenvalue weighted by Crippen LogP contribution is 2.09.